The molecule has 0 rings (SSSR count). The first-order chi connectivity index (χ1) is 4.09. The van der Waals surface area contributed by atoms with Crippen molar-refractivity contribution in [3.63, 3.8) is 0 Å². The fourth-order valence-corrected chi connectivity index (χ4v) is 1.36. The summed E-state index contributed by atoms with van der Waals surface area (Å²) >= 11 is -3.07. The summed E-state index contributed by atoms with van der Waals surface area (Å²) in [5.41, 5.74) is 0. The zero-order valence-electron chi connectivity index (χ0n) is 4.90. The number of carboxylic acid groups (broad SMARTS) is 1. The molecular formula is C4H8O4Se. The van der Waals surface area contributed by atoms with Gasteiger partial charge in [-0.2, -0.15) is 0 Å². The number of rotatable bonds is 3. The predicted molar refractivity (Wildman–Crippen MR) is 30.3 cm³/mol. The van der Waals surface area contributed by atoms with Gasteiger partial charge in [0.25, 0.3) is 0 Å². The van der Waals surface area contributed by atoms with Crippen LogP contribution in [0.1, 0.15) is 13.3 Å². The van der Waals surface area contributed by atoms with Crippen molar-refractivity contribution in [2.45, 2.75) is 18.2 Å². The van der Waals surface area contributed by atoms with Crippen molar-refractivity contribution >= 4 is 20.1 Å². The molecule has 0 aromatic rings. The first kappa shape index (κ1) is 8.75. The quantitative estimate of drug-likeness (QED) is 0.615. The molecule has 4 nitrogen and oxygen atoms in total. The molecule has 0 radical (unpaired) electrons. The molecule has 5 heteroatoms. The van der Waals surface area contributed by atoms with Crippen molar-refractivity contribution in [1.29, 1.82) is 0 Å². The third-order valence-corrected chi connectivity index (χ3v) is 3.03. The molecular weight excluding hydrogens is 191 g/mol. The van der Waals surface area contributed by atoms with Gasteiger partial charge in [0.05, 0.1) is 0 Å². The number of aliphatic carboxylic acids is 1. The fourth-order valence-electron chi connectivity index (χ4n) is 0.403. The summed E-state index contributed by atoms with van der Waals surface area (Å²) in [6, 6.07) is 0. The molecule has 0 aromatic carbocycles. The fraction of sp³-hybridized carbons (Fsp3) is 0.750. The monoisotopic (exact) mass is 200 g/mol. The Kier molecular flexibility index (Phi) is 3.61. The standard InChI is InChI=1S/C4H8O4Se/c1-2-3(4(5)6)9(7)8/h3H,2H2,1H3,(H,5,6)(H,7,8). The zero-order valence-corrected chi connectivity index (χ0v) is 6.62. The van der Waals surface area contributed by atoms with E-state index in [-0.39, 0.29) is 6.42 Å². The minimum atomic E-state index is -3.07. The molecule has 2 unspecified atom stereocenters. The summed E-state index contributed by atoms with van der Waals surface area (Å²) < 4.78 is 18.6. The van der Waals surface area contributed by atoms with Crippen LogP contribution < -0.4 is 0 Å². The van der Waals surface area contributed by atoms with Gasteiger partial charge in [0.1, 0.15) is 0 Å². The van der Waals surface area contributed by atoms with E-state index < -0.39 is 24.9 Å². The third kappa shape index (κ3) is 2.70. The number of carbonyl (C=O) groups is 1. The molecule has 54 valence electrons. The van der Waals surface area contributed by atoms with Gasteiger partial charge < -0.3 is 0 Å². The third-order valence-electron chi connectivity index (χ3n) is 0.890. The van der Waals surface area contributed by atoms with Gasteiger partial charge in [-0.15, -0.1) is 0 Å². The van der Waals surface area contributed by atoms with E-state index in [2.05, 4.69) is 0 Å². The molecule has 0 bridgehead atoms. The molecule has 0 heterocycles. The van der Waals surface area contributed by atoms with E-state index in [1.807, 2.05) is 0 Å². The van der Waals surface area contributed by atoms with Gasteiger partial charge in [-0.25, -0.2) is 0 Å². The Hall–Kier alpha value is -0.251. The molecule has 0 amide bonds. The molecule has 2 N–H and O–H groups in total. The van der Waals surface area contributed by atoms with E-state index in [0.717, 1.165) is 0 Å². The van der Waals surface area contributed by atoms with E-state index in [9.17, 15) is 8.63 Å². The molecule has 0 aliphatic rings. The summed E-state index contributed by atoms with van der Waals surface area (Å²) in [6.45, 7) is 1.57. The second kappa shape index (κ2) is 3.71. The average molecular weight is 199 g/mol. The van der Waals surface area contributed by atoms with Crippen molar-refractivity contribution in [3.8, 4) is 0 Å². The zero-order chi connectivity index (χ0) is 7.44. The second-order valence-corrected chi connectivity index (χ2v) is 3.86. The molecule has 0 saturated heterocycles. The van der Waals surface area contributed by atoms with Crippen molar-refractivity contribution in [2.24, 2.45) is 0 Å². The van der Waals surface area contributed by atoms with Crippen LogP contribution in [0.2, 0.25) is 4.82 Å². The van der Waals surface area contributed by atoms with Gasteiger partial charge in [-0.1, -0.05) is 0 Å². The van der Waals surface area contributed by atoms with Crippen LogP contribution in [0.3, 0.4) is 0 Å². The molecule has 2 atom stereocenters. The minimum absolute atomic E-state index is 0.222. The second-order valence-electron chi connectivity index (χ2n) is 1.51. The van der Waals surface area contributed by atoms with Crippen molar-refractivity contribution < 1.29 is 17.9 Å². The Labute approximate surface area is 56.9 Å². The van der Waals surface area contributed by atoms with E-state index in [1.165, 1.54) is 0 Å². The van der Waals surface area contributed by atoms with Crippen LogP contribution in [0, 0.1) is 0 Å². The summed E-state index contributed by atoms with van der Waals surface area (Å²) in [5, 5.41) is 8.21. The topological polar surface area (TPSA) is 74.6 Å². The van der Waals surface area contributed by atoms with E-state index >= 15 is 0 Å². The van der Waals surface area contributed by atoms with Crippen LogP contribution in [0.4, 0.5) is 0 Å². The first-order valence-electron chi connectivity index (χ1n) is 2.42. The average Bonchev–Trinajstić information content (AvgIpc) is 1.64. The Morgan fingerprint density at radius 2 is 2.22 bits per heavy atom. The first-order valence-corrected chi connectivity index (χ1v) is 4.87. The van der Waals surface area contributed by atoms with Crippen LogP contribution in [0.5, 0.6) is 0 Å². The molecule has 0 aromatic heterocycles. The molecule has 0 aliphatic heterocycles. The maximum absolute atomic E-state index is 10.2. The van der Waals surface area contributed by atoms with E-state index in [1.54, 1.807) is 6.92 Å². The van der Waals surface area contributed by atoms with Crippen molar-refractivity contribution in [1.82, 2.24) is 0 Å². The Morgan fingerprint density at radius 3 is 2.22 bits per heavy atom. The van der Waals surface area contributed by atoms with Crippen LogP contribution >= 0.6 is 0 Å². The molecule has 9 heavy (non-hydrogen) atoms. The molecule has 0 aliphatic carbocycles. The van der Waals surface area contributed by atoms with Crippen LogP contribution in [0.25, 0.3) is 0 Å². The van der Waals surface area contributed by atoms with Crippen molar-refractivity contribution in [3.05, 3.63) is 0 Å². The maximum atomic E-state index is 10.2. The molecule has 0 spiro atoms. The van der Waals surface area contributed by atoms with Gasteiger partial charge in [-0.3, -0.25) is 0 Å². The molecule has 0 fully saturated rings. The van der Waals surface area contributed by atoms with Gasteiger partial charge in [-0.05, 0) is 0 Å². The number of carboxylic acids is 1. The number of hydrogen-bond donors (Lipinski definition) is 2. The number of hydrogen-bond acceptors (Lipinski definition) is 2. The van der Waals surface area contributed by atoms with Crippen LogP contribution in [-0.4, -0.2) is 29.4 Å². The van der Waals surface area contributed by atoms with E-state index in [0.29, 0.717) is 0 Å². The van der Waals surface area contributed by atoms with E-state index in [4.69, 9.17) is 9.30 Å². The van der Waals surface area contributed by atoms with Crippen LogP contribution in [0.15, 0.2) is 0 Å². The predicted octanol–water partition coefficient (Wildman–Crippen LogP) is -0.238. The Bertz CT molecular complexity index is 119. The summed E-state index contributed by atoms with van der Waals surface area (Å²) in [7, 11) is 0. The van der Waals surface area contributed by atoms with Gasteiger partial charge in [0.15, 0.2) is 0 Å². The normalized spacial score (nSPS) is 16.7. The summed E-state index contributed by atoms with van der Waals surface area (Å²) in [4.78, 5) is 9.01. The van der Waals surface area contributed by atoms with Gasteiger partial charge >= 0.3 is 56.2 Å². The van der Waals surface area contributed by atoms with Gasteiger partial charge in [0.2, 0.25) is 0 Å². The van der Waals surface area contributed by atoms with Crippen LogP contribution in [-0.2, 0) is 8.63 Å². The molecule has 0 saturated carbocycles. The SMILES string of the molecule is CCC(C(=O)O)[Se](=O)O. The van der Waals surface area contributed by atoms with Crippen molar-refractivity contribution in [2.75, 3.05) is 0 Å². The Balaban J connectivity index is 3.99. The Morgan fingerprint density at radius 1 is 1.78 bits per heavy atom. The summed E-state index contributed by atoms with van der Waals surface area (Å²) in [6.07, 6.45) is 0.222. The summed E-state index contributed by atoms with van der Waals surface area (Å²) in [5.74, 6) is -1.18. The van der Waals surface area contributed by atoms with Gasteiger partial charge in [0, 0.05) is 0 Å².